The van der Waals surface area contributed by atoms with Crippen LogP contribution in [0.5, 0.6) is 0 Å². The number of hydrogen-bond donors (Lipinski definition) is 1. The quantitative estimate of drug-likeness (QED) is 0.809. The summed E-state index contributed by atoms with van der Waals surface area (Å²) in [5, 5.41) is 5.37. The summed E-state index contributed by atoms with van der Waals surface area (Å²) in [4.78, 5) is 4.49. The fraction of sp³-hybridized carbons (Fsp3) is 0.533. The molecule has 0 atom stereocenters. The molecule has 0 radical (unpaired) electrons. The van der Waals surface area contributed by atoms with Gasteiger partial charge in [0.2, 0.25) is 0 Å². The third kappa shape index (κ3) is 3.45. The topological polar surface area (TPSA) is 18.5 Å². The molecule has 2 aliphatic rings. The second-order valence-corrected chi connectivity index (χ2v) is 6.92. The highest BCUT2D eigenvalue weighted by molar-refractivity contribution is 7.80. The van der Waals surface area contributed by atoms with Crippen LogP contribution in [0.25, 0.3) is 0 Å². The average Bonchev–Trinajstić information content (AvgIpc) is 2.51. The summed E-state index contributed by atoms with van der Waals surface area (Å²) >= 11 is 17.9. The van der Waals surface area contributed by atoms with Gasteiger partial charge in [-0.05, 0) is 43.3 Å². The Morgan fingerprint density at radius 3 is 2.67 bits per heavy atom. The predicted octanol–water partition coefficient (Wildman–Crippen LogP) is 4.24. The molecule has 0 amide bonds. The van der Waals surface area contributed by atoms with Crippen LogP contribution < -0.4 is 10.2 Å². The van der Waals surface area contributed by atoms with E-state index in [0.29, 0.717) is 21.2 Å². The maximum absolute atomic E-state index is 6.32. The van der Waals surface area contributed by atoms with E-state index in [-0.39, 0.29) is 0 Å². The minimum absolute atomic E-state index is 0.634. The van der Waals surface area contributed by atoms with Crippen molar-refractivity contribution < 1.29 is 0 Å². The molecule has 3 rings (SSSR count). The van der Waals surface area contributed by atoms with E-state index in [1.54, 1.807) is 6.07 Å². The van der Waals surface area contributed by atoms with E-state index in [0.717, 1.165) is 19.0 Å². The lowest BCUT2D eigenvalue weighted by Gasteiger charge is -2.43. The molecule has 0 unspecified atom stereocenters. The molecule has 114 valence electrons. The molecule has 1 aliphatic carbocycles. The van der Waals surface area contributed by atoms with Crippen molar-refractivity contribution in [3.05, 3.63) is 28.2 Å². The number of hydrogen-bond acceptors (Lipinski definition) is 2. The van der Waals surface area contributed by atoms with Crippen LogP contribution in [0.2, 0.25) is 10.0 Å². The largest absolute Gasteiger partial charge is 0.349 e. The van der Waals surface area contributed by atoms with Crippen LogP contribution in [0.4, 0.5) is 5.69 Å². The molecule has 1 aromatic carbocycles. The van der Waals surface area contributed by atoms with E-state index in [2.05, 4.69) is 10.2 Å². The number of thiocarbonyl (C=S) groups is 1. The molecule has 2 fully saturated rings. The van der Waals surface area contributed by atoms with Crippen LogP contribution in [0.15, 0.2) is 18.2 Å². The van der Waals surface area contributed by atoms with Gasteiger partial charge in [0, 0.05) is 11.1 Å². The molecule has 0 aromatic heterocycles. The van der Waals surface area contributed by atoms with Crippen LogP contribution >= 0.6 is 35.4 Å². The summed E-state index contributed by atoms with van der Waals surface area (Å²) in [5.74, 6) is 0. The first kappa shape index (κ1) is 15.3. The van der Waals surface area contributed by atoms with Crippen LogP contribution in [0.3, 0.4) is 0 Å². The third-order valence-corrected chi connectivity index (χ3v) is 5.21. The van der Waals surface area contributed by atoms with E-state index in [4.69, 9.17) is 35.4 Å². The highest BCUT2D eigenvalue weighted by atomic mass is 35.5. The molecular formula is C15H19Cl2N3S. The number of rotatable bonds is 2. The molecule has 1 N–H and O–H groups in total. The molecule has 21 heavy (non-hydrogen) atoms. The molecule has 0 spiro atoms. The predicted molar refractivity (Wildman–Crippen MR) is 93.1 cm³/mol. The Kier molecular flexibility index (Phi) is 4.89. The van der Waals surface area contributed by atoms with Gasteiger partial charge in [0.05, 0.1) is 24.0 Å². The number of nitrogens with one attached hydrogen (secondary N) is 1. The van der Waals surface area contributed by atoms with Crippen molar-refractivity contribution in [2.75, 3.05) is 18.2 Å². The second kappa shape index (κ2) is 6.69. The highest BCUT2D eigenvalue weighted by Crippen LogP contribution is 2.31. The van der Waals surface area contributed by atoms with E-state index >= 15 is 0 Å². The van der Waals surface area contributed by atoms with Gasteiger partial charge >= 0.3 is 0 Å². The maximum Gasteiger partial charge on any atom is 0.175 e. The van der Waals surface area contributed by atoms with Crippen LogP contribution in [0, 0.1) is 0 Å². The third-order valence-electron chi connectivity index (χ3n) is 4.29. The molecule has 1 aromatic rings. The summed E-state index contributed by atoms with van der Waals surface area (Å²) in [6.07, 6.45) is 6.55. The summed E-state index contributed by atoms with van der Waals surface area (Å²) in [5.41, 5.74) is 0.877. The molecule has 1 heterocycles. The van der Waals surface area contributed by atoms with Gasteiger partial charge in [0.25, 0.3) is 0 Å². The van der Waals surface area contributed by atoms with Gasteiger partial charge in [-0.15, -0.1) is 0 Å². The van der Waals surface area contributed by atoms with Gasteiger partial charge in [-0.2, -0.15) is 0 Å². The lowest BCUT2D eigenvalue weighted by molar-refractivity contribution is 0.148. The van der Waals surface area contributed by atoms with E-state index in [9.17, 15) is 0 Å². The first-order valence-corrected chi connectivity index (χ1v) is 8.56. The fourth-order valence-electron chi connectivity index (χ4n) is 3.13. The summed E-state index contributed by atoms with van der Waals surface area (Å²) in [6.45, 7) is 1.59. The smallest absolute Gasteiger partial charge is 0.175 e. The Morgan fingerprint density at radius 2 is 1.90 bits per heavy atom. The number of benzene rings is 1. The molecule has 1 aliphatic heterocycles. The average molecular weight is 344 g/mol. The lowest BCUT2D eigenvalue weighted by atomic mass is 9.94. The maximum atomic E-state index is 6.32. The summed E-state index contributed by atoms with van der Waals surface area (Å²) < 4.78 is 0. The van der Waals surface area contributed by atoms with Crippen molar-refractivity contribution >= 4 is 46.2 Å². The summed E-state index contributed by atoms with van der Waals surface area (Å²) in [6, 6.07) is 6.13. The zero-order valence-electron chi connectivity index (χ0n) is 11.8. The van der Waals surface area contributed by atoms with Gasteiger partial charge in [-0.3, -0.25) is 4.90 Å². The van der Waals surface area contributed by atoms with Gasteiger partial charge in [-0.25, -0.2) is 0 Å². The van der Waals surface area contributed by atoms with Crippen molar-refractivity contribution in [2.45, 2.75) is 38.1 Å². The number of nitrogens with zero attached hydrogens (tertiary/aromatic N) is 2. The Bertz CT molecular complexity index is 532. The molecule has 1 saturated heterocycles. The molecule has 1 saturated carbocycles. The van der Waals surface area contributed by atoms with Gasteiger partial charge in [-0.1, -0.05) is 42.5 Å². The Labute approximate surface area is 141 Å². The fourth-order valence-corrected chi connectivity index (χ4v) is 3.74. The lowest BCUT2D eigenvalue weighted by Crippen LogP contribution is -2.59. The van der Waals surface area contributed by atoms with E-state index < -0.39 is 0 Å². The standard InChI is InChI=1S/C15H19Cl2N3S/c16-11-6-7-13(17)14(8-11)20-10-19(9-18-15(20)21)12-4-2-1-3-5-12/h6-8,12H,1-5,9-10H2,(H,18,21). The highest BCUT2D eigenvalue weighted by Gasteiger charge is 2.29. The Balaban J connectivity index is 1.79. The van der Waals surface area contributed by atoms with Crippen LogP contribution in [-0.4, -0.2) is 29.4 Å². The molecule has 3 nitrogen and oxygen atoms in total. The van der Waals surface area contributed by atoms with E-state index in [1.165, 1.54) is 32.1 Å². The van der Waals surface area contributed by atoms with Crippen molar-refractivity contribution in [1.82, 2.24) is 10.2 Å². The van der Waals surface area contributed by atoms with Crippen molar-refractivity contribution in [1.29, 1.82) is 0 Å². The van der Waals surface area contributed by atoms with Crippen molar-refractivity contribution in [3.8, 4) is 0 Å². The van der Waals surface area contributed by atoms with Crippen molar-refractivity contribution in [3.63, 3.8) is 0 Å². The second-order valence-electron chi connectivity index (χ2n) is 5.69. The first-order valence-electron chi connectivity index (χ1n) is 7.39. The molecular weight excluding hydrogens is 325 g/mol. The van der Waals surface area contributed by atoms with Gasteiger partial charge in [0.15, 0.2) is 5.11 Å². The van der Waals surface area contributed by atoms with Crippen LogP contribution in [-0.2, 0) is 0 Å². The van der Waals surface area contributed by atoms with Gasteiger partial charge < -0.3 is 10.2 Å². The first-order chi connectivity index (χ1) is 10.1. The molecule has 0 bridgehead atoms. The number of halogens is 2. The van der Waals surface area contributed by atoms with Crippen LogP contribution in [0.1, 0.15) is 32.1 Å². The SMILES string of the molecule is S=C1NCN(C2CCCCC2)CN1c1cc(Cl)ccc1Cl. The van der Waals surface area contributed by atoms with E-state index in [1.807, 2.05) is 17.0 Å². The monoisotopic (exact) mass is 343 g/mol. The minimum atomic E-state index is 0.634. The minimum Gasteiger partial charge on any atom is -0.349 e. The summed E-state index contributed by atoms with van der Waals surface area (Å²) in [7, 11) is 0. The Morgan fingerprint density at radius 1 is 1.14 bits per heavy atom. The number of anilines is 1. The zero-order chi connectivity index (χ0) is 14.8. The zero-order valence-corrected chi connectivity index (χ0v) is 14.1. The van der Waals surface area contributed by atoms with Crippen molar-refractivity contribution in [2.24, 2.45) is 0 Å². The molecule has 6 heteroatoms. The Hall–Kier alpha value is -0.550. The van der Waals surface area contributed by atoms with Gasteiger partial charge in [0.1, 0.15) is 0 Å². The normalized spacial score (nSPS) is 21.4.